The number of hydrogen-bond acceptors (Lipinski definition) is 5. The zero-order chi connectivity index (χ0) is 12.5. The van der Waals surface area contributed by atoms with Crippen LogP contribution in [0.15, 0.2) is 15.6 Å². The Morgan fingerprint density at radius 1 is 1.47 bits per heavy atom. The van der Waals surface area contributed by atoms with Crippen molar-refractivity contribution in [1.29, 1.82) is 0 Å². The number of aromatic nitrogens is 1. The number of nitrogens with one attached hydrogen (secondary N) is 1. The minimum Gasteiger partial charge on any atom is -0.443 e. The third-order valence-corrected chi connectivity index (χ3v) is 2.75. The SMILES string of the molecule is CN1CCN=C1NCc1ncc(C(C)(C)C)o1. The molecule has 1 aromatic rings. The lowest BCUT2D eigenvalue weighted by atomic mass is 9.94. The molecule has 1 aromatic heterocycles. The van der Waals surface area contributed by atoms with E-state index in [9.17, 15) is 0 Å². The molecule has 1 aliphatic heterocycles. The van der Waals surface area contributed by atoms with Crippen LogP contribution in [0, 0.1) is 0 Å². The van der Waals surface area contributed by atoms with Crippen molar-refractivity contribution < 1.29 is 4.42 Å². The van der Waals surface area contributed by atoms with Gasteiger partial charge in [-0.15, -0.1) is 0 Å². The molecular formula is C12H20N4O. The van der Waals surface area contributed by atoms with Crippen LogP contribution in [0.25, 0.3) is 0 Å². The molecule has 94 valence electrons. The zero-order valence-corrected chi connectivity index (χ0v) is 10.9. The normalized spacial score (nSPS) is 16.2. The van der Waals surface area contributed by atoms with E-state index in [1.165, 1.54) is 0 Å². The molecule has 0 bridgehead atoms. The van der Waals surface area contributed by atoms with Crippen LogP contribution in [0.1, 0.15) is 32.4 Å². The molecule has 0 saturated carbocycles. The summed E-state index contributed by atoms with van der Waals surface area (Å²) in [5.41, 5.74) is 0.00686. The van der Waals surface area contributed by atoms with Crippen molar-refractivity contribution in [1.82, 2.24) is 15.2 Å². The maximum atomic E-state index is 5.70. The fraction of sp³-hybridized carbons (Fsp3) is 0.667. The first-order valence-electron chi connectivity index (χ1n) is 5.91. The second-order valence-electron chi connectivity index (χ2n) is 5.35. The predicted molar refractivity (Wildman–Crippen MR) is 67.0 cm³/mol. The Balaban J connectivity index is 1.94. The average molecular weight is 236 g/mol. The Hall–Kier alpha value is -1.52. The van der Waals surface area contributed by atoms with Gasteiger partial charge in [0.05, 0.1) is 19.3 Å². The van der Waals surface area contributed by atoms with Crippen LogP contribution >= 0.6 is 0 Å². The van der Waals surface area contributed by atoms with Gasteiger partial charge in [0.25, 0.3) is 0 Å². The number of nitrogens with zero attached hydrogens (tertiary/aromatic N) is 3. The van der Waals surface area contributed by atoms with E-state index in [2.05, 4.69) is 41.0 Å². The molecule has 5 heteroatoms. The van der Waals surface area contributed by atoms with Crippen LogP contribution < -0.4 is 5.32 Å². The summed E-state index contributed by atoms with van der Waals surface area (Å²) < 4.78 is 5.70. The highest BCUT2D eigenvalue weighted by atomic mass is 16.4. The molecular weight excluding hydrogens is 216 g/mol. The zero-order valence-electron chi connectivity index (χ0n) is 10.9. The summed E-state index contributed by atoms with van der Waals surface area (Å²) in [6.07, 6.45) is 1.80. The highest BCUT2D eigenvalue weighted by Gasteiger charge is 2.19. The van der Waals surface area contributed by atoms with E-state index in [-0.39, 0.29) is 5.41 Å². The van der Waals surface area contributed by atoms with E-state index in [1.54, 1.807) is 6.20 Å². The van der Waals surface area contributed by atoms with Gasteiger partial charge in [-0.1, -0.05) is 20.8 Å². The van der Waals surface area contributed by atoms with Crippen LogP contribution in [0.3, 0.4) is 0 Å². The van der Waals surface area contributed by atoms with Gasteiger partial charge >= 0.3 is 0 Å². The van der Waals surface area contributed by atoms with E-state index in [1.807, 2.05) is 7.05 Å². The maximum absolute atomic E-state index is 5.70. The molecule has 0 amide bonds. The minimum absolute atomic E-state index is 0.00686. The molecule has 2 heterocycles. The van der Waals surface area contributed by atoms with Gasteiger partial charge in [0, 0.05) is 19.0 Å². The predicted octanol–water partition coefficient (Wildman–Crippen LogP) is 1.36. The van der Waals surface area contributed by atoms with Crippen molar-refractivity contribution in [3.63, 3.8) is 0 Å². The van der Waals surface area contributed by atoms with Crippen LogP contribution in [0.4, 0.5) is 0 Å². The highest BCUT2D eigenvalue weighted by molar-refractivity contribution is 5.80. The molecule has 1 aliphatic rings. The molecule has 0 aliphatic carbocycles. The molecule has 0 atom stereocenters. The Morgan fingerprint density at radius 2 is 2.24 bits per heavy atom. The van der Waals surface area contributed by atoms with E-state index in [0.29, 0.717) is 12.4 Å². The van der Waals surface area contributed by atoms with Crippen LogP contribution in [0.5, 0.6) is 0 Å². The third kappa shape index (κ3) is 2.78. The van der Waals surface area contributed by atoms with Crippen LogP contribution in [-0.4, -0.2) is 36.0 Å². The number of likely N-dealkylation sites (N-methyl/N-ethyl adjacent to an activating group) is 1. The smallest absolute Gasteiger partial charge is 0.213 e. The first-order valence-corrected chi connectivity index (χ1v) is 5.91. The van der Waals surface area contributed by atoms with E-state index in [0.717, 1.165) is 24.8 Å². The number of guanidine groups is 1. The second kappa shape index (κ2) is 4.39. The molecule has 0 spiro atoms. The molecule has 0 saturated heterocycles. The lowest BCUT2D eigenvalue weighted by Gasteiger charge is -2.14. The number of oxazole rings is 1. The van der Waals surface area contributed by atoms with Crippen LogP contribution in [0.2, 0.25) is 0 Å². The fourth-order valence-corrected chi connectivity index (χ4v) is 1.62. The Kier molecular flexibility index (Phi) is 3.09. The second-order valence-corrected chi connectivity index (χ2v) is 5.35. The monoisotopic (exact) mass is 236 g/mol. The summed E-state index contributed by atoms with van der Waals surface area (Å²) in [7, 11) is 2.02. The van der Waals surface area contributed by atoms with Gasteiger partial charge in [0.15, 0.2) is 5.96 Å². The van der Waals surface area contributed by atoms with Crippen molar-refractivity contribution in [2.75, 3.05) is 20.1 Å². The van der Waals surface area contributed by atoms with Crippen molar-refractivity contribution in [2.45, 2.75) is 32.7 Å². The molecule has 5 nitrogen and oxygen atoms in total. The topological polar surface area (TPSA) is 53.7 Å². The lowest BCUT2D eigenvalue weighted by molar-refractivity contribution is 0.378. The Labute approximate surface area is 102 Å². The quantitative estimate of drug-likeness (QED) is 0.842. The average Bonchev–Trinajstić information content (AvgIpc) is 2.82. The maximum Gasteiger partial charge on any atom is 0.213 e. The van der Waals surface area contributed by atoms with Crippen molar-refractivity contribution in [2.24, 2.45) is 4.99 Å². The summed E-state index contributed by atoms with van der Waals surface area (Å²) in [6.45, 7) is 8.75. The summed E-state index contributed by atoms with van der Waals surface area (Å²) >= 11 is 0. The van der Waals surface area contributed by atoms with Gasteiger partial charge in [-0.25, -0.2) is 4.98 Å². The van der Waals surface area contributed by atoms with E-state index >= 15 is 0 Å². The van der Waals surface area contributed by atoms with Gasteiger partial charge in [-0.3, -0.25) is 4.99 Å². The fourth-order valence-electron chi connectivity index (χ4n) is 1.62. The summed E-state index contributed by atoms with van der Waals surface area (Å²) in [4.78, 5) is 10.7. The third-order valence-electron chi connectivity index (χ3n) is 2.75. The molecule has 2 rings (SSSR count). The number of aliphatic imine (C=N–C) groups is 1. The molecule has 0 fully saturated rings. The number of hydrogen-bond donors (Lipinski definition) is 1. The standard InChI is InChI=1S/C12H20N4O/c1-12(2,3)9-7-14-10(17-9)8-15-11-13-5-6-16(11)4/h7H,5-6,8H2,1-4H3,(H,13,15). The van der Waals surface area contributed by atoms with Crippen LogP contribution in [-0.2, 0) is 12.0 Å². The van der Waals surface area contributed by atoms with Gasteiger partial charge in [-0.2, -0.15) is 0 Å². The Bertz CT molecular complexity index is 416. The van der Waals surface area contributed by atoms with Gasteiger partial charge in [-0.05, 0) is 0 Å². The molecule has 0 aromatic carbocycles. The Morgan fingerprint density at radius 3 is 2.76 bits per heavy atom. The summed E-state index contributed by atoms with van der Waals surface area (Å²) in [5, 5.41) is 3.23. The van der Waals surface area contributed by atoms with E-state index in [4.69, 9.17) is 4.42 Å². The van der Waals surface area contributed by atoms with Crippen molar-refractivity contribution >= 4 is 5.96 Å². The molecule has 0 unspecified atom stereocenters. The minimum atomic E-state index is 0.00686. The summed E-state index contributed by atoms with van der Waals surface area (Å²) in [6, 6.07) is 0. The first kappa shape index (κ1) is 12.0. The van der Waals surface area contributed by atoms with Gasteiger partial charge in [0.2, 0.25) is 5.89 Å². The number of rotatable bonds is 2. The highest BCUT2D eigenvalue weighted by Crippen LogP contribution is 2.22. The van der Waals surface area contributed by atoms with Gasteiger partial charge < -0.3 is 14.6 Å². The molecule has 0 radical (unpaired) electrons. The van der Waals surface area contributed by atoms with Crippen molar-refractivity contribution in [3.8, 4) is 0 Å². The first-order chi connectivity index (χ1) is 7.97. The largest absolute Gasteiger partial charge is 0.443 e. The van der Waals surface area contributed by atoms with E-state index < -0.39 is 0 Å². The van der Waals surface area contributed by atoms with Crippen molar-refractivity contribution in [3.05, 3.63) is 17.8 Å². The molecule has 1 N–H and O–H groups in total. The molecule has 17 heavy (non-hydrogen) atoms. The van der Waals surface area contributed by atoms with Gasteiger partial charge in [0.1, 0.15) is 5.76 Å². The summed E-state index contributed by atoms with van der Waals surface area (Å²) in [5.74, 6) is 2.54. The lowest BCUT2D eigenvalue weighted by Crippen LogP contribution is -2.35.